The number of carbonyl (C=O) groups excluding carboxylic acids is 1. The maximum absolute atomic E-state index is 13.1. The third kappa shape index (κ3) is 4.67. The number of carbonyl (C=O) groups is 1. The molecule has 6 nitrogen and oxygen atoms in total. The van der Waals surface area contributed by atoms with Crippen LogP contribution >= 0.6 is 13.5 Å². The van der Waals surface area contributed by atoms with E-state index in [1.165, 1.54) is 22.3 Å². The molecule has 4 N–H and O–H groups in total. The van der Waals surface area contributed by atoms with E-state index < -0.39 is 21.5 Å². The van der Waals surface area contributed by atoms with Crippen molar-refractivity contribution in [1.82, 2.24) is 0 Å². The maximum atomic E-state index is 13.1. The Bertz CT molecular complexity index is 1130. The van der Waals surface area contributed by atoms with Crippen LogP contribution in [0.4, 0.5) is 10.5 Å². The van der Waals surface area contributed by atoms with E-state index in [1.54, 1.807) is 32.0 Å². The van der Waals surface area contributed by atoms with Crippen LogP contribution in [0, 0.1) is 6.92 Å². The summed E-state index contributed by atoms with van der Waals surface area (Å²) in [6.45, 7) is 5.18. The van der Waals surface area contributed by atoms with Gasteiger partial charge in [-0.1, -0.05) is 12.1 Å². The lowest BCUT2D eigenvalue weighted by atomic mass is 9.94. The minimum absolute atomic E-state index is 0. The fraction of sp³-hybridized carbons (Fsp3) is 0.435. The number of fused-ring (bicyclic) bond motifs is 2. The summed E-state index contributed by atoms with van der Waals surface area (Å²) in [5, 5.41) is 19.1. The molecule has 0 saturated heterocycles. The summed E-state index contributed by atoms with van der Waals surface area (Å²) in [6, 6.07) is 6.49. The van der Waals surface area contributed by atoms with E-state index in [0.29, 0.717) is 5.56 Å². The number of nitrogens with zero attached hydrogens (tertiary/aromatic N) is 1. The first-order valence-electron chi connectivity index (χ1n) is 10.4. The van der Waals surface area contributed by atoms with Crippen LogP contribution in [0.25, 0.3) is 0 Å². The number of anilines is 1. The molecule has 2 amide bonds. The maximum Gasteiger partial charge on any atom is 0.354 e. The van der Waals surface area contributed by atoms with Gasteiger partial charge in [0.25, 0.3) is 0 Å². The van der Waals surface area contributed by atoms with Crippen molar-refractivity contribution < 1.29 is 14.1 Å². The summed E-state index contributed by atoms with van der Waals surface area (Å²) in [6.07, 6.45) is 6.10. The van der Waals surface area contributed by atoms with Gasteiger partial charge in [-0.3, -0.25) is 0 Å². The number of rotatable bonds is 3. The molecule has 8 heteroatoms. The van der Waals surface area contributed by atoms with Crippen molar-refractivity contribution in [2.24, 2.45) is 9.50 Å². The zero-order chi connectivity index (χ0) is 21.7. The monoisotopic (exact) mass is 461 g/mol. The summed E-state index contributed by atoms with van der Waals surface area (Å²) in [5.74, 6) is 0. The first-order chi connectivity index (χ1) is 14.1. The zero-order valence-corrected chi connectivity index (χ0v) is 20.1. The van der Waals surface area contributed by atoms with E-state index in [1.807, 2.05) is 6.92 Å². The Kier molecular flexibility index (Phi) is 6.58. The highest BCUT2D eigenvalue weighted by atomic mass is 32.2. The molecule has 0 radical (unpaired) electrons. The Labute approximate surface area is 191 Å². The van der Waals surface area contributed by atoms with E-state index in [0.717, 1.165) is 49.8 Å². The number of aryl methyl sites for hydroxylation is 3. The van der Waals surface area contributed by atoms with Gasteiger partial charge in [0.15, 0.2) is 0 Å². The quantitative estimate of drug-likeness (QED) is 0.636. The molecule has 168 valence electrons. The summed E-state index contributed by atoms with van der Waals surface area (Å²) in [4.78, 5) is 13.0. The van der Waals surface area contributed by atoms with E-state index in [4.69, 9.17) is 5.14 Å². The van der Waals surface area contributed by atoms with Crippen LogP contribution in [0.3, 0.4) is 0 Å². The van der Waals surface area contributed by atoms with Crippen LogP contribution in [-0.2, 0) is 41.2 Å². The Balaban J connectivity index is 0.00000272. The van der Waals surface area contributed by atoms with E-state index in [2.05, 4.69) is 15.7 Å². The van der Waals surface area contributed by atoms with Gasteiger partial charge < -0.3 is 10.4 Å². The van der Waals surface area contributed by atoms with Crippen molar-refractivity contribution in [3.8, 4) is 0 Å². The Morgan fingerprint density at radius 1 is 1.10 bits per heavy atom. The molecule has 0 spiro atoms. The second-order valence-electron chi connectivity index (χ2n) is 8.86. The van der Waals surface area contributed by atoms with Gasteiger partial charge in [0.1, 0.15) is 9.92 Å². The number of amides is 2. The summed E-state index contributed by atoms with van der Waals surface area (Å²) in [7, 11) is -3.41. The number of hydrogen-bond donors (Lipinski definition) is 3. The summed E-state index contributed by atoms with van der Waals surface area (Å²) in [5.41, 5.74) is 6.26. The summed E-state index contributed by atoms with van der Waals surface area (Å²) >= 11 is 0. The first-order valence-corrected chi connectivity index (χ1v) is 12.0. The molecule has 0 saturated carbocycles. The van der Waals surface area contributed by atoms with E-state index in [-0.39, 0.29) is 18.4 Å². The first kappa shape index (κ1) is 23.8. The summed E-state index contributed by atoms with van der Waals surface area (Å²) < 4.78 is 16.9. The molecular formula is C23H31N3O3S2. The predicted octanol–water partition coefficient (Wildman–Crippen LogP) is 4.25. The fourth-order valence-electron chi connectivity index (χ4n) is 4.78. The topological polar surface area (TPSA) is 105 Å². The second-order valence-corrected chi connectivity index (χ2v) is 10.7. The molecule has 2 aliphatic carbocycles. The largest absolute Gasteiger partial charge is 0.386 e. The number of nitrogens with two attached hydrogens (primary N) is 1. The lowest BCUT2D eigenvalue weighted by molar-refractivity contribution is 0.0778. The Morgan fingerprint density at radius 3 is 2.19 bits per heavy atom. The van der Waals surface area contributed by atoms with Crippen molar-refractivity contribution in [3.05, 3.63) is 57.6 Å². The van der Waals surface area contributed by atoms with Gasteiger partial charge in [0.2, 0.25) is 0 Å². The highest BCUT2D eigenvalue weighted by Crippen LogP contribution is 2.38. The third-order valence-electron chi connectivity index (χ3n) is 6.12. The molecule has 1 atom stereocenters. The Morgan fingerprint density at radius 2 is 1.68 bits per heavy atom. The smallest absolute Gasteiger partial charge is 0.354 e. The predicted molar refractivity (Wildman–Crippen MR) is 129 cm³/mol. The number of hydrogen-bond acceptors (Lipinski definition) is 3. The molecule has 0 heterocycles. The van der Waals surface area contributed by atoms with Crippen molar-refractivity contribution in [1.29, 1.82) is 0 Å². The number of aliphatic hydroxyl groups is 1. The normalized spacial score (nSPS) is 16.7. The number of benzene rings is 2. The average molecular weight is 462 g/mol. The molecule has 0 aliphatic heterocycles. The van der Waals surface area contributed by atoms with E-state index >= 15 is 0 Å². The lowest BCUT2D eigenvalue weighted by Gasteiger charge is -2.21. The molecule has 4 rings (SSSR count). The van der Waals surface area contributed by atoms with Crippen LogP contribution in [0.1, 0.15) is 60.1 Å². The molecule has 0 aromatic heterocycles. The van der Waals surface area contributed by atoms with Crippen LogP contribution in [-0.4, -0.2) is 15.3 Å². The van der Waals surface area contributed by atoms with Gasteiger partial charge in [-0.05, 0) is 105 Å². The SMILES string of the molecule is Cc1cc(S(N)(=O)=NC(=O)Nc2c3c(cc4c2CCC4)CCC3)ccc1C(C)(C)O.S. The highest BCUT2D eigenvalue weighted by molar-refractivity contribution is 7.91. The molecular weight excluding hydrogens is 430 g/mol. The van der Waals surface area contributed by atoms with Gasteiger partial charge in [0, 0.05) is 5.69 Å². The molecule has 2 aliphatic rings. The Hall–Kier alpha value is -1.87. The number of nitrogens with one attached hydrogen (secondary N) is 1. The standard InChI is InChI=1S/C23H29N3O3S.H2S/c1-14-12-17(10-11-20(14)23(2,3)28)30(24,29)26-22(27)25-21-18-8-4-6-15(18)13-16-7-5-9-19(16)21;/h10-13,28H,4-9H2,1-3H3,(H3,24,25,26,27,29);1H2. The minimum Gasteiger partial charge on any atom is -0.386 e. The van der Waals surface area contributed by atoms with Gasteiger partial charge in [-0.2, -0.15) is 13.5 Å². The third-order valence-corrected chi connectivity index (χ3v) is 7.48. The molecule has 0 fully saturated rings. The number of urea groups is 1. The fourth-order valence-corrected chi connectivity index (χ4v) is 5.78. The van der Waals surface area contributed by atoms with Crippen molar-refractivity contribution in [3.63, 3.8) is 0 Å². The van der Waals surface area contributed by atoms with Gasteiger partial charge >= 0.3 is 6.03 Å². The van der Waals surface area contributed by atoms with Crippen molar-refractivity contribution in [2.45, 2.75) is 69.8 Å². The van der Waals surface area contributed by atoms with Crippen molar-refractivity contribution in [2.75, 3.05) is 5.32 Å². The van der Waals surface area contributed by atoms with Crippen LogP contribution in [0.5, 0.6) is 0 Å². The van der Waals surface area contributed by atoms with Gasteiger partial charge in [-0.25, -0.2) is 14.1 Å². The van der Waals surface area contributed by atoms with Gasteiger partial charge in [0.05, 0.1) is 10.5 Å². The lowest BCUT2D eigenvalue weighted by Crippen LogP contribution is -2.20. The molecule has 1 unspecified atom stereocenters. The molecule has 2 aromatic rings. The van der Waals surface area contributed by atoms with Crippen molar-refractivity contribution >= 4 is 35.1 Å². The molecule has 0 bridgehead atoms. The zero-order valence-electron chi connectivity index (χ0n) is 18.2. The molecule has 2 aromatic carbocycles. The second kappa shape index (κ2) is 8.58. The molecule has 31 heavy (non-hydrogen) atoms. The van der Waals surface area contributed by atoms with Crippen LogP contribution in [0.2, 0.25) is 0 Å². The minimum atomic E-state index is -3.41. The highest BCUT2D eigenvalue weighted by Gasteiger charge is 2.25. The van der Waals surface area contributed by atoms with E-state index in [9.17, 15) is 14.1 Å². The average Bonchev–Trinajstić information content (AvgIpc) is 3.28. The van der Waals surface area contributed by atoms with Crippen LogP contribution in [0.15, 0.2) is 33.5 Å². The van der Waals surface area contributed by atoms with Crippen LogP contribution < -0.4 is 10.5 Å². The van der Waals surface area contributed by atoms with Gasteiger partial charge in [-0.15, -0.1) is 4.36 Å².